The standard InChI is InChI=1S/C81H62N2O2/c1-79(2,3)67-41-21-35-59-61-37-23-43-69(77(61)84-75(59)67)82(49-25-9-7-10-26-49)51-45-46-58-63(47-51)52-29-13-15-33-56(52)72-64-48-71(55-32-14-16-34-57(55)73(64)81(74(58)72)65-39-19-17-30-53(65)54-31-18-20-40-66(54)81)83(50-27-11-8-12-28-50)70-44-24-38-62-60-36-22-42-68(80(4,5)6)76(60)85-78(62)70/h7-48,60,76H,1-6H3. The lowest BCUT2D eigenvalue weighted by Gasteiger charge is -2.34. The lowest BCUT2D eigenvalue weighted by Crippen LogP contribution is -2.30. The smallest absolute Gasteiger partial charge is 0.159 e. The molecule has 2 heterocycles. The van der Waals surface area contributed by atoms with Crippen LogP contribution in [-0.4, -0.2) is 6.10 Å². The van der Waals surface area contributed by atoms with Gasteiger partial charge in [0.05, 0.1) is 22.5 Å². The first kappa shape index (κ1) is 49.7. The zero-order valence-corrected chi connectivity index (χ0v) is 48.6. The van der Waals surface area contributed by atoms with E-state index in [1.54, 1.807) is 0 Å². The zero-order valence-electron chi connectivity index (χ0n) is 48.6. The molecule has 13 aromatic rings. The number of benzene rings is 12. The topological polar surface area (TPSA) is 28.9 Å². The van der Waals surface area contributed by atoms with Crippen LogP contribution in [-0.2, 0) is 10.8 Å². The number of hydrogen-bond donors (Lipinski definition) is 0. The molecule has 4 aliphatic rings. The molecule has 2 unspecified atom stereocenters. The minimum Gasteiger partial charge on any atom is -0.483 e. The molecule has 0 bridgehead atoms. The van der Waals surface area contributed by atoms with Crippen LogP contribution in [0.5, 0.6) is 5.75 Å². The Hall–Kier alpha value is -9.90. The molecule has 1 spiro atoms. The Labute approximate surface area is 496 Å². The van der Waals surface area contributed by atoms with Gasteiger partial charge in [-0.3, -0.25) is 0 Å². The minimum atomic E-state index is -0.698. The third-order valence-electron chi connectivity index (χ3n) is 19.0. The SMILES string of the molecule is CC(C)(C)C1=CC=CC2c3cccc(N(c4ccccc4)c4cc5c(c6ccccc46)C4(c6ccccc6-c6ccccc64)c4c-5c5ccccc5c5cc(N(c6ccccc6)c6cccc7c6oc6c(C(C)(C)C)cccc67)ccc45)c3OC12. The Morgan fingerprint density at radius 2 is 0.976 bits per heavy atom. The maximum absolute atomic E-state index is 7.39. The van der Waals surface area contributed by atoms with Crippen molar-refractivity contribution in [3.05, 3.63) is 294 Å². The number of hydrogen-bond acceptors (Lipinski definition) is 4. The van der Waals surface area contributed by atoms with E-state index in [9.17, 15) is 0 Å². The van der Waals surface area contributed by atoms with Crippen molar-refractivity contribution in [1.82, 2.24) is 0 Å². The predicted octanol–water partition coefficient (Wildman–Crippen LogP) is 22.0. The minimum absolute atomic E-state index is 0.0668. The summed E-state index contributed by atoms with van der Waals surface area (Å²) in [5.74, 6) is 1.05. The first-order valence-electron chi connectivity index (χ1n) is 30.1. The highest BCUT2D eigenvalue weighted by atomic mass is 16.5. The van der Waals surface area contributed by atoms with Gasteiger partial charge in [-0.25, -0.2) is 0 Å². The van der Waals surface area contributed by atoms with Crippen molar-refractivity contribution in [1.29, 1.82) is 0 Å². The molecule has 1 aliphatic heterocycles. The fourth-order valence-corrected chi connectivity index (χ4v) is 15.6. The summed E-state index contributed by atoms with van der Waals surface area (Å²) in [6.07, 6.45) is 6.76. The van der Waals surface area contributed by atoms with Gasteiger partial charge in [0.15, 0.2) is 5.58 Å². The second-order valence-electron chi connectivity index (χ2n) is 25.8. The fraction of sp³-hybridized carbons (Fsp3) is 0.136. The van der Waals surface area contributed by atoms with E-state index in [1.165, 1.54) is 93.5 Å². The first-order chi connectivity index (χ1) is 41.5. The second-order valence-corrected chi connectivity index (χ2v) is 25.8. The Balaban J connectivity index is 0.967. The van der Waals surface area contributed by atoms with E-state index in [2.05, 4.69) is 306 Å². The molecule has 0 radical (unpaired) electrons. The summed E-state index contributed by atoms with van der Waals surface area (Å²) in [5.41, 5.74) is 21.2. The van der Waals surface area contributed by atoms with Crippen LogP contribution in [0.1, 0.15) is 80.8 Å². The van der Waals surface area contributed by atoms with Crippen LogP contribution in [0.15, 0.2) is 265 Å². The molecule has 0 amide bonds. The van der Waals surface area contributed by atoms with Crippen LogP contribution in [0.2, 0.25) is 0 Å². The van der Waals surface area contributed by atoms with Crippen molar-refractivity contribution in [2.75, 3.05) is 9.80 Å². The van der Waals surface area contributed by atoms with E-state index in [1.807, 2.05) is 0 Å². The number of anilines is 6. The van der Waals surface area contributed by atoms with Crippen LogP contribution < -0.4 is 14.5 Å². The summed E-state index contributed by atoms with van der Waals surface area (Å²) in [5, 5.41) is 9.47. The molecule has 408 valence electrons. The number of allylic oxidation sites excluding steroid dienone is 2. The molecule has 3 aliphatic carbocycles. The van der Waals surface area contributed by atoms with Gasteiger partial charge >= 0.3 is 0 Å². The lowest BCUT2D eigenvalue weighted by atomic mass is 9.68. The predicted molar refractivity (Wildman–Crippen MR) is 354 cm³/mol. The van der Waals surface area contributed by atoms with Crippen LogP contribution in [0.3, 0.4) is 0 Å². The van der Waals surface area contributed by atoms with Gasteiger partial charge in [0.2, 0.25) is 0 Å². The quantitative estimate of drug-likeness (QED) is 0.155. The average Bonchev–Trinajstić information content (AvgIpc) is 1.52. The summed E-state index contributed by atoms with van der Waals surface area (Å²) < 4.78 is 14.6. The van der Waals surface area contributed by atoms with Crippen LogP contribution in [0.25, 0.3) is 76.5 Å². The van der Waals surface area contributed by atoms with Crippen LogP contribution in [0.4, 0.5) is 34.1 Å². The molecule has 2 atom stereocenters. The third kappa shape index (κ3) is 6.97. The van der Waals surface area contributed by atoms with E-state index in [4.69, 9.17) is 9.15 Å². The highest BCUT2D eigenvalue weighted by molar-refractivity contribution is 6.23. The summed E-state index contributed by atoms with van der Waals surface area (Å²) in [6.45, 7) is 13.7. The maximum Gasteiger partial charge on any atom is 0.159 e. The van der Waals surface area contributed by atoms with Crippen molar-refractivity contribution >= 4 is 88.4 Å². The zero-order chi connectivity index (χ0) is 57.1. The summed E-state index contributed by atoms with van der Waals surface area (Å²) in [6, 6.07) is 88.4. The molecule has 17 rings (SSSR count). The Kier molecular flexibility index (Phi) is 10.6. The van der Waals surface area contributed by atoms with Gasteiger partial charge in [-0.1, -0.05) is 242 Å². The van der Waals surface area contributed by atoms with Crippen molar-refractivity contribution in [3.8, 4) is 28.0 Å². The van der Waals surface area contributed by atoms with Gasteiger partial charge in [0, 0.05) is 50.3 Å². The largest absolute Gasteiger partial charge is 0.483 e. The van der Waals surface area contributed by atoms with Crippen molar-refractivity contribution < 1.29 is 9.15 Å². The van der Waals surface area contributed by atoms with Crippen LogP contribution in [0, 0.1) is 5.41 Å². The van der Waals surface area contributed by atoms with Gasteiger partial charge < -0.3 is 19.0 Å². The van der Waals surface area contributed by atoms with E-state index in [-0.39, 0.29) is 22.9 Å². The Morgan fingerprint density at radius 1 is 0.400 bits per heavy atom. The molecule has 12 aromatic carbocycles. The molecule has 1 aromatic heterocycles. The molecular weight excluding hydrogens is 1030 g/mol. The normalized spacial score (nSPS) is 16.1. The van der Waals surface area contributed by atoms with Gasteiger partial charge in [0.1, 0.15) is 17.4 Å². The summed E-state index contributed by atoms with van der Waals surface area (Å²) in [7, 11) is 0. The average molecular weight is 1100 g/mol. The van der Waals surface area contributed by atoms with Gasteiger partial charge in [-0.15, -0.1) is 0 Å². The monoisotopic (exact) mass is 1090 g/mol. The first-order valence-corrected chi connectivity index (χ1v) is 30.1. The number of nitrogens with zero attached hydrogens (tertiary/aromatic N) is 2. The van der Waals surface area contributed by atoms with Gasteiger partial charge in [0.25, 0.3) is 0 Å². The van der Waals surface area contributed by atoms with E-state index < -0.39 is 5.41 Å². The molecule has 0 saturated heterocycles. The summed E-state index contributed by atoms with van der Waals surface area (Å²) >= 11 is 0. The van der Waals surface area contributed by atoms with E-state index in [0.29, 0.717) is 0 Å². The third-order valence-corrected chi connectivity index (χ3v) is 19.0. The molecule has 0 fully saturated rings. The van der Waals surface area contributed by atoms with E-state index in [0.717, 1.165) is 61.8 Å². The maximum atomic E-state index is 7.39. The highest BCUT2D eigenvalue weighted by Crippen LogP contribution is 2.68. The highest BCUT2D eigenvalue weighted by Gasteiger charge is 2.54. The molecule has 0 N–H and O–H groups in total. The van der Waals surface area contributed by atoms with E-state index >= 15 is 0 Å². The molecule has 85 heavy (non-hydrogen) atoms. The van der Waals surface area contributed by atoms with Crippen molar-refractivity contribution in [2.24, 2.45) is 5.41 Å². The van der Waals surface area contributed by atoms with Crippen molar-refractivity contribution in [3.63, 3.8) is 0 Å². The Bertz CT molecular complexity index is 4980. The number of para-hydroxylation sites is 5. The number of ether oxygens (including phenoxy) is 1. The fourth-order valence-electron chi connectivity index (χ4n) is 15.6. The van der Waals surface area contributed by atoms with Gasteiger partial charge in [-0.05, 0) is 142 Å². The van der Waals surface area contributed by atoms with Crippen molar-refractivity contribution in [2.45, 2.75) is 64.4 Å². The molecular formula is C81H62N2O2. The number of fused-ring (bicyclic) bond motifs is 23. The number of furan rings is 1. The molecule has 4 nitrogen and oxygen atoms in total. The second kappa shape index (κ2) is 18.1. The number of rotatable bonds is 6. The van der Waals surface area contributed by atoms with Gasteiger partial charge in [-0.2, -0.15) is 0 Å². The summed E-state index contributed by atoms with van der Waals surface area (Å²) in [4.78, 5) is 4.89. The lowest BCUT2D eigenvalue weighted by molar-refractivity contribution is 0.224. The molecule has 4 heteroatoms. The Morgan fingerprint density at radius 3 is 1.68 bits per heavy atom. The van der Waals surface area contributed by atoms with Crippen LogP contribution >= 0.6 is 0 Å². The molecule has 0 saturated carbocycles.